The monoisotopic (exact) mass is 325 g/mol. The van der Waals surface area contributed by atoms with E-state index in [2.05, 4.69) is 31.4 Å². The molecule has 0 spiro atoms. The molecule has 100 valence electrons. The van der Waals surface area contributed by atoms with Crippen LogP contribution < -0.4 is 14.8 Å². The fourth-order valence-electron chi connectivity index (χ4n) is 1.52. The van der Waals surface area contributed by atoms with E-state index in [-0.39, 0.29) is 5.91 Å². The third-order valence-corrected chi connectivity index (χ3v) is 3.25. The average Bonchev–Trinajstić information content (AvgIpc) is 2.91. The molecule has 1 amide bonds. The summed E-state index contributed by atoms with van der Waals surface area (Å²) in [6, 6.07) is 3.25. The van der Waals surface area contributed by atoms with Gasteiger partial charge in [0.15, 0.2) is 0 Å². The highest BCUT2D eigenvalue weighted by Gasteiger charge is 2.14. The van der Waals surface area contributed by atoms with Gasteiger partial charge in [-0.1, -0.05) is 0 Å². The van der Waals surface area contributed by atoms with Gasteiger partial charge in [-0.25, -0.2) is 0 Å². The number of amides is 1. The molecule has 0 atom stereocenters. The fourth-order valence-corrected chi connectivity index (χ4v) is 2.08. The SMILES string of the molecule is COc1cc(C(=O)Nc2cn[nH]c2)cc(OC)c1Br. The lowest BCUT2D eigenvalue weighted by Gasteiger charge is -2.11. The standard InChI is InChI=1S/C12H12BrN3O3/c1-18-9-3-7(4-10(19-2)11(9)13)12(17)16-8-5-14-15-6-8/h3-6H,1-2H3,(H,14,15)(H,16,17). The first-order valence-corrected chi connectivity index (χ1v) is 6.16. The van der Waals surface area contributed by atoms with E-state index in [1.165, 1.54) is 20.4 Å². The van der Waals surface area contributed by atoms with Crippen molar-refractivity contribution in [3.05, 3.63) is 34.6 Å². The minimum atomic E-state index is -0.273. The number of carbonyl (C=O) groups excluding carboxylic acids is 1. The topological polar surface area (TPSA) is 76.2 Å². The molecule has 0 aliphatic carbocycles. The van der Waals surface area contributed by atoms with Gasteiger partial charge < -0.3 is 14.8 Å². The minimum Gasteiger partial charge on any atom is -0.495 e. The predicted octanol–water partition coefficient (Wildman–Crippen LogP) is 2.44. The summed E-state index contributed by atoms with van der Waals surface area (Å²) in [4.78, 5) is 12.1. The molecule has 0 unspecified atom stereocenters. The summed E-state index contributed by atoms with van der Waals surface area (Å²) in [6.45, 7) is 0. The van der Waals surface area contributed by atoms with E-state index >= 15 is 0 Å². The zero-order chi connectivity index (χ0) is 13.8. The summed E-state index contributed by atoms with van der Waals surface area (Å²) in [5.74, 6) is 0.777. The molecule has 0 bridgehead atoms. The number of nitrogens with one attached hydrogen (secondary N) is 2. The van der Waals surface area contributed by atoms with E-state index in [1.54, 1.807) is 18.3 Å². The van der Waals surface area contributed by atoms with Crippen LogP contribution in [0.3, 0.4) is 0 Å². The highest BCUT2D eigenvalue weighted by atomic mass is 79.9. The van der Waals surface area contributed by atoms with Gasteiger partial charge in [0.25, 0.3) is 5.91 Å². The molecule has 0 aliphatic heterocycles. The quantitative estimate of drug-likeness (QED) is 0.905. The highest BCUT2D eigenvalue weighted by molar-refractivity contribution is 9.10. The molecule has 2 N–H and O–H groups in total. The number of halogens is 1. The van der Waals surface area contributed by atoms with Crippen molar-refractivity contribution in [3.63, 3.8) is 0 Å². The molecule has 7 heteroatoms. The van der Waals surface area contributed by atoms with Gasteiger partial charge in [-0.2, -0.15) is 5.10 Å². The smallest absolute Gasteiger partial charge is 0.256 e. The summed E-state index contributed by atoms with van der Waals surface area (Å²) >= 11 is 3.35. The molecule has 19 heavy (non-hydrogen) atoms. The second kappa shape index (κ2) is 5.75. The van der Waals surface area contributed by atoms with Gasteiger partial charge in [0.05, 0.1) is 26.1 Å². The Morgan fingerprint density at radius 2 is 1.95 bits per heavy atom. The van der Waals surface area contributed by atoms with Crippen LogP contribution in [0, 0.1) is 0 Å². The zero-order valence-electron chi connectivity index (χ0n) is 10.4. The summed E-state index contributed by atoms with van der Waals surface area (Å²) in [5.41, 5.74) is 1.02. The van der Waals surface area contributed by atoms with Crippen LogP contribution in [-0.2, 0) is 0 Å². The van der Waals surface area contributed by atoms with Crippen LogP contribution in [0.2, 0.25) is 0 Å². The Morgan fingerprint density at radius 3 is 2.42 bits per heavy atom. The molecule has 1 heterocycles. The second-order valence-electron chi connectivity index (χ2n) is 3.64. The van der Waals surface area contributed by atoms with Gasteiger partial charge in [-0.15, -0.1) is 0 Å². The van der Waals surface area contributed by atoms with Gasteiger partial charge >= 0.3 is 0 Å². The van der Waals surface area contributed by atoms with Crippen molar-refractivity contribution >= 4 is 27.5 Å². The number of hydrogen-bond acceptors (Lipinski definition) is 4. The van der Waals surface area contributed by atoms with Crippen LogP contribution in [0.5, 0.6) is 11.5 Å². The summed E-state index contributed by atoms with van der Waals surface area (Å²) in [5, 5.41) is 9.07. The highest BCUT2D eigenvalue weighted by Crippen LogP contribution is 2.35. The molecule has 0 saturated carbocycles. The predicted molar refractivity (Wildman–Crippen MR) is 73.8 cm³/mol. The van der Waals surface area contributed by atoms with E-state index < -0.39 is 0 Å². The van der Waals surface area contributed by atoms with Crippen molar-refractivity contribution in [2.24, 2.45) is 0 Å². The third kappa shape index (κ3) is 2.87. The molecule has 0 radical (unpaired) electrons. The number of carbonyl (C=O) groups is 1. The first kappa shape index (κ1) is 13.4. The Morgan fingerprint density at radius 1 is 1.32 bits per heavy atom. The van der Waals surface area contributed by atoms with Crippen molar-refractivity contribution in [1.29, 1.82) is 0 Å². The lowest BCUT2D eigenvalue weighted by Crippen LogP contribution is -2.12. The van der Waals surface area contributed by atoms with Crippen LogP contribution in [-0.4, -0.2) is 30.3 Å². The molecular formula is C12H12BrN3O3. The number of methoxy groups -OCH3 is 2. The van der Waals surface area contributed by atoms with Gasteiger partial charge in [-0.05, 0) is 28.1 Å². The van der Waals surface area contributed by atoms with Crippen molar-refractivity contribution < 1.29 is 14.3 Å². The van der Waals surface area contributed by atoms with Gasteiger partial charge in [0.2, 0.25) is 0 Å². The lowest BCUT2D eigenvalue weighted by atomic mass is 10.2. The van der Waals surface area contributed by atoms with Crippen molar-refractivity contribution in [2.75, 3.05) is 19.5 Å². The maximum Gasteiger partial charge on any atom is 0.256 e. The Kier molecular flexibility index (Phi) is 4.06. The van der Waals surface area contributed by atoms with E-state index in [0.717, 1.165) is 0 Å². The normalized spacial score (nSPS) is 10.1. The number of anilines is 1. The maximum atomic E-state index is 12.1. The largest absolute Gasteiger partial charge is 0.495 e. The Bertz CT molecular complexity index is 559. The second-order valence-corrected chi connectivity index (χ2v) is 4.43. The fraction of sp³-hybridized carbons (Fsp3) is 0.167. The number of H-pyrrole nitrogens is 1. The molecule has 6 nitrogen and oxygen atoms in total. The molecule has 0 fully saturated rings. The number of benzene rings is 1. The number of hydrogen-bond donors (Lipinski definition) is 2. The Labute approximate surface area is 118 Å². The number of nitrogens with zero attached hydrogens (tertiary/aromatic N) is 1. The van der Waals surface area contributed by atoms with Crippen LogP contribution in [0.15, 0.2) is 29.0 Å². The van der Waals surface area contributed by atoms with Crippen molar-refractivity contribution in [1.82, 2.24) is 10.2 Å². The molecule has 0 saturated heterocycles. The van der Waals surface area contributed by atoms with Crippen LogP contribution in [0.4, 0.5) is 5.69 Å². The molecule has 2 aromatic rings. The summed E-state index contributed by atoms with van der Waals surface area (Å²) < 4.78 is 11.0. The minimum absolute atomic E-state index is 0.273. The molecule has 2 rings (SSSR count). The van der Waals surface area contributed by atoms with E-state index in [1.807, 2.05) is 0 Å². The number of rotatable bonds is 4. The van der Waals surface area contributed by atoms with Crippen molar-refractivity contribution in [2.45, 2.75) is 0 Å². The third-order valence-electron chi connectivity index (χ3n) is 2.46. The Hall–Kier alpha value is -2.02. The van der Waals surface area contributed by atoms with Gasteiger partial charge in [0, 0.05) is 11.8 Å². The summed E-state index contributed by atoms with van der Waals surface area (Å²) in [6.07, 6.45) is 3.11. The molecular weight excluding hydrogens is 314 g/mol. The first-order chi connectivity index (χ1) is 9.15. The average molecular weight is 326 g/mol. The Balaban J connectivity index is 2.31. The number of ether oxygens (including phenoxy) is 2. The van der Waals surface area contributed by atoms with Crippen LogP contribution >= 0.6 is 15.9 Å². The van der Waals surface area contributed by atoms with Gasteiger partial charge in [0.1, 0.15) is 16.0 Å². The van der Waals surface area contributed by atoms with Gasteiger partial charge in [-0.3, -0.25) is 9.89 Å². The van der Waals surface area contributed by atoms with E-state index in [4.69, 9.17) is 9.47 Å². The zero-order valence-corrected chi connectivity index (χ0v) is 11.9. The first-order valence-electron chi connectivity index (χ1n) is 5.37. The maximum absolute atomic E-state index is 12.1. The van der Waals surface area contributed by atoms with Crippen molar-refractivity contribution in [3.8, 4) is 11.5 Å². The number of aromatic amines is 1. The molecule has 0 aliphatic rings. The molecule has 1 aromatic carbocycles. The van der Waals surface area contributed by atoms with Crippen LogP contribution in [0.25, 0.3) is 0 Å². The number of aromatic nitrogens is 2. The van der Waals surface area contributed by atoms with E-state index in [0.29, 0.717) is 27.2 Å². The van der Waals surface area contributed by atoms with E-state index in [9.17, 15) is 4.79 Å². The lowest BCUT2D eigenvalue weighted by molar-refractivity contribution is 0.102. The van der Waals surface area contributed by atoms with Crippen LogP contribution in [0.1, 0.15) is 10.4 Å². The summed E-state index contributed by atoms with van der Waals surface area (Å²) in [7, 11) is 3.05. The molecule has 1 aromatic heterocycles.